The molecule has 1 aromatic heterocycles. The third-order valence-electron chi connectivity index (χ3n) is 3.05. The lowest BCUT2D eigenvalue weighted by Crippen LogP contribution is -2.21. The van der Waals surface area contributed by atoms with Crippen LogP contribution in [0, 0.1) is 0 Å². The summed E-state index contributed by atoms with van der Waals surface area (Å²) in [5, 5.41) is 6.03. The summed E-state index contributed by atoms with van der Waals surface area (Å²) in [5.41, 5.74) is 0.852. The van der Waals surface area contributed by atoms with Gasteiger partial charge in [0.1, 0.15) is 0 Å². The Bertz CT molecular complexity index is 772. The third kappa shape index (κ3) is 2.03. The van der Waals surface area contributed by atoms with Gasteiger partial charge in [0.25, 0.3) is 0 Å². The molecule has 1 heterocycles. The van der Waals surface area contributed by atoms with E-state index in [0.29, 0.717) is 5.82 Å². The second kappa shape index (κ2) is 4.77. The highest BCUT2D eigenvalue weighted by molar-refractivity contribution is 5.95. The molecule has 5 nitrogen and oxygen atoms in total. The van der Waals surface area contributed by atoms with E-state index >= 15 is 0 Å². The molecule has 0 aliphatic rings. The topological polar surface area (TPSA) is 59.2 Å². The molecule has 0 fully saturated rings. The van der Waals surface area contributed by atoms with E-state index in [1.54, 1.807) is 14.1 Å². The molecular weight excluding hydrogens is 254 g/mol. The summed E-state index contributed by atoms with van der Waals surface area (Å²) in [6.07, 6.45) is 0. The van der Waals surface area contributed by atoms with Crippen molar-refractivity contribution in [3.63, 3.8) is 0 Å². The SMILES string of the molecule is CN(C)C(=O)c1nc(-c2cccc3ccccc23)no1. The third-order valence-corrected chi connectivity index (χ3v) is 3.05. The van der Waals surface area contributed by atoms with Crippen LogP contribution in [0.1, 0.15) is 10.7 Å². The molecule has 20 heavy (non-hydrogen) atoms. The van der Waals surface area contributed by atoms with E-state index in [1.807, 2.05) is 42.5 Å². The molecule has 1 amide bonds. The summed E-state index contributed by atoms with van der Waals surface area (Å²) >= 11 is 0. The number of hydrogen-bond acceptors (Lipinski definition) is 4. The zero-order valence-corrected chi connectivity index (χ0v) is 11.2. The Balaban J connectivity index is 2.10. The fraction of sp³-hybridized carbons (Fsp3) is 0.133. The van der Waals surface area contributed by atoms with Crippen molar-refractivity contribution < 1.29 is 9.32 Å². The molecule has 0 aliphatic heterocycles. The second-order valence-corrected chi connectivity index (χ2v) is 4.65. The van der Waals surface area contributed by atoms with Gasteiger partial charge >= 0.3 is 11.8 Å². The van der Waals surface area contributed by atoms with Gasteiger partial charge in [-0.1, -0.05) is 47.6 Å². The molecule has 5 heteroatoms. The highest BCUT2D eigenvalue weighted by atomic mass is 16.5. The fourth-order valence-electron chi connectivity index (χ4n) is 2.03. The molecule has 3 aromatic rings. The fourth-order valence-corrected chi connectivity index (χ4v) is 2.03. The predicted octanol–water partition coefficient (Wildman–Crippen LogP) is 2.59. The lowest BCUT2D eigenvalue weighted by Gasteiger charge is -2.04. The van der Waals surface area contributed by atoms with E-state index in [-0.39, 0.29) is 11.8 Å². The van der Waals surface area contributed by atoms with Crippen LogP contribution >= 0.6 is 0 Å². The van der Waals surface area contributed by atoms with Gasteiger partial charge in [-0.3, -0.25) is 4.79 Å². The number of nitrogens with zero attached hydrogens (tertiary/aromatic N) is 3. The molecule has 0 aliphatic carbocycles. The molecule has 0 radical (unpaired) electrons. The first kappa shape index (κ1) is 12.3. The maximum atomic E-state index is 11.8. The molecule has 0 bridgehead atoms. The Kier molecular flexibility index (Phi) is 2.95. The summed E-state index contributed by atoms with van der Waals surface area (Å²) in [6, 6.07) is 13.8. The van der Waals surface area contributed by atoms with Crippen molar-refractivity contribution in [3.8, 4) is 11.4 Å². The van der Waals surface area contributed by atoms with Gasteiger partial charge in [-0.2, -0.15) is 4.98 Å². The highest BCUT2D eigenvalue weighted by Gasteiger charge is 2.18. The van der Waals surface area contributed by atoms with Crippen molar-refractivity contribution in [1.29, 1.82) is 0 Å². The van der Waals surface area contributed by atoms with Crippen molar-refractivity contribution in [2.45, 2.75) is 0 Å². The largest absolute Gasteiger partial charge is 0.341 e. The summed E-state index contributed by atoms with van der Waals surface area (Å²) in [5.74, 6) is 0.119. The molecule has 0 atom stereocenters. The van der Waals surface area contributed by atoms with Crippen LogP contribution in [0.2, 0.25) is 0 Å². The first-order chi connectivity index (χ1) is 9.66. The summed E-state index contributed by atoms with van der Waals surface area (Å²) < 4.78 is 5.04. The van der Waals surface area contributed by atoms with E-state index in [0.717, 1.165) is 16.3 Å². The second-order valence-electron chi connectivity index (χ2n) is 4.65. The Morgan fingerprint density at radius 3 is 2.65 bits per heavy atom. The number of benzene rings is 2. The molecule has 2 aromatic carbocycles. The number of rotatable bonds is 2. The van der Waals surface area contributed by atoms with Crippen LogP contribution in [0.4, 0.5) is 0 Å². The lowest BCUT2D eigenvalue weighted by molar-refractivity contribution is 0.0779. The highest BCUT2D eigenvalue weighted by Crippen LogP contribution is 2.26. The minimum atomic E-state index is -0.302. The zero-order chi connectivity index (χ0) is 14.1. The lowest BCUT2D eigenvalue weighted by atomic mass is 10.0. The molecule has 100 valence electrons. The van der Waals surface area contributed by atoms with E-state index in [4.69, 9.17) is 4.52 Å². The number of aromatic nitrogens is 2. The van der Waals surface area contributed by atoms with E-state index < -0.39 is 0 Å². The molecule has 0 saturated carbocycles. The average Bonchev–Trinajstić information content (AvgIpc) is 2.95. The quantitative estimate of drug-likeness (QED) is 0.716. The standard InChI is InChI=1S/C15H13N3O2/c1-18(2)15(19)14-16-13(17-20-14)12-9-5-7-10-6-3-4-8-11(10)12/h3-9H,1-2H3. The Labute approximate surface area is 115 Å². The van der Waals surface area contributed by atoms with Gasteiger partial charge < -0.3 is 9.42 Å². The molecular formula is C15H13N3O2. The van der Waals surface area contributed by atoms with Crippen LogP contribution in [0.25, 0.3) is 22.2 Å². The van der Waals surface area contributed by atoms with Gasteiger partial charge in [0.2, 0.25) is 5.82 Å². The zero-order valence-electron chi connectivity index (χ0n) is 11.2. The molecule has 0 unspecified atom stereocenters. The number of hydrogen-bond donors (Lipinski definition) is 0. The van der Waals surface area contributed by atoms with Crippen LogP contribution in [0.3, 0.4) is 0 Å². The van der Waals surface area contributed by atoms with E-state index in [1.165, 1.54) is 4.90 Å². The van der Waals surface area contributed by atoms with Crippen molar-refractivity contribution in [3.05, 3.63) is 48.4 Å². The van der Waals surface area contributed by atoms with Gasteiger partial charge in [0.15, 0.2) is 0 Å². The van der Waals surface area contributed by atoms with Gasteiger partial charge in [-0.05, 0) is 10.8 Å². The van der Waals surface area contributed by atoms with E-state index in [2.05, 4.69) is 10.1 Å². The Morgan fingerprint density at radius 1 is 1.10 bits per heavy atom. The number of amides is 1. The Hall–Kier alpha value is -2.69. The normalized spacial score (nSPS) is 10.7. The molecule has 3 rings (SSSR count). The van der Waals surface area contributed by atoms with Crippen LogP contribution in [-0.4, -0.2) is 35.0 Å². The van der Waals surface area contributed by atoms with Crippen molar-refractivity contribution in [2.24, 2.45) is 0 Å². The smallest absolute Gasteiger partial charge is 0.316 e. The predicted molar refractivity (Wildman–Crippen MR) is 75.3 cm³/mol. The maximum absolute atomic E-state index is 11.8. The van der Waals surface area contributed by atoms with Crippen LogP contribution in [-0.2, 0) is 0 Å². The summed E-state index contributed by atoms with van der Waals surface area (Å²) in [6.45, 7) is 0. The minimum absolute atomic E-state index is 0.00191. The number of fused-ring (bicyclic) bond motifs is 1. The van der Waals surface area contributed by atoms with Crippen LogP contribution < -0.4 is 0 Å². The van der Waals surface area contributed by atoms with Crippen LogP contribution in [0.15, 0.2) is 47.0 Å². The Morgan fingerprint density at radius 2 is 1.85 bits per heavy atom. The summed E-state index contributed by atoms with van der Waals surface area (Å²) in [4.78, 5) is 17.4. The van der Waals surface area contributed by atoms with Crippen molar-refractivity contribution in [2.75, 3.05) is 14.1 Å². The van der Waals surface area contributed by atoms with Crippen molar-refractivity contribution in [1.82, 2.24) is 15.0 Å². The first-order valence-electron chi connectivity index (χ1n) is 6.20. The molecule has 0 N–H and O–H groups in total. The molecule has 0 saturated heterocycles. The molecule has 0 spiro atoms. The van der Waals surface area contributed by atoms with Crippen LogP contribution in [0.5, 0.6) is 0 Å². The first-order valence-corrected chi connectivity index (χ1v) is 6.20. The van der Waals surface area contributed by atoms with Gasteiger partial charge in [0.05, 0.1) is 0 Å². The van der Waals surface area contributed by atoms with E-state index in [9.17, 15) is 4.79 Å². The average molecular weight is 267 g/mol. The monoisotopic (exact) mass is 267 g/mol. The number of carbonyl (C=O) groups is 1. The van der Waals surface area contributed by atoms with Crippen molar-refractivity contribution >= 4 is 16.7 Å². The van der Waals surface area contributed by atoms with Gasteiger partial charge in [-0.25, -0.2) is 0 Å². The number of carbonyl (C=O) groups excluding carboxylic acids is 1. The maximum Gasteiger partial charge on any atom is 0.316 e. The van der Waals surface area contributed by atoms with Gasteiger partial charge in [0, 0.05) is 19.7 Å². The van der Waals surface area contributed by atoms with Gasteiger partial charge in [-0.15, -0.1) is 0 Å². The minimum Gasteiger partial charge on any atom is -0.341 e. The summed E-state index contributed by atoms with van der Waals surface area (Å²) in [7, 11) is 3.29.